The molecule has 2 aromatic rings. The first-order valence-electron chi connectivity index (χ1n) is 10.9. The lowest BCUT2D eigenvalue weighted by atomic mass is 9.88. The number of nitrogen functional groups attached to an aromatic ring is 1. The number of aliphatic hydroxyl groups excluding tert-OH is 2. The average molecular weight is 489 g/mol. The van der Waals surface area contributed by atoms with Crippen molar-refractivity contribution in [2.75, 3.05) is 5.73 Å². The van der Waals surface area contributed by atoms with Crippen molar-refractivity contribution in [3.8, 4) is 0 Å². The Labute approximate surface area is 189 Å². The topological polar surface area (TPSA) is 206 Å². The van der Waals surface area contributed by atoms with Gasteiger partial charge in [0.1, 0.15) is 17.6 Å². The summed E-state index contributed by atoms with van der Waals surface area (Å²) >= 11 is 0. The number of aliphatic hydroxyl groups is 3. The van der Waals surface area contributed by atoms with Gasteiger partial charge in [-0.05, 0) is 26.2 Å². The summed E-state index contributed by atoms with van der Waals surface area (Å²) in [6, 6.07) is 0. The van der Waals surface area contributed by atoms with Crippen LogP contribution in [0.1, 0.15) is 59.6 Å². The minimum Gasteiger partial charge on any atom is -0.388 e. The number of nitrogens with one attached hydrogen (secondary N) is 2. The first-order valence-corrected chi connectivity index (χ1v) is 12.2. The van der Waals surface area contributed by atoms with Crippen LogP contribution in [0.4, 0.5) is 5.95 Å². The lowest BCUT2D eigenvalue weighted by molar-refractivity contribution is -0.0705. The molecule has 6 atom stereocenters. The largest absolute Gasteiger partial charge is 0.388 e. The Hall–Kier alpha value is -2.02. The molecule has 0 amide bonds. The van der Waals surface area contributed by atoms with Crippen molar-refractivity contribution in [1.29, 1.82) is 0 Å². The summed E-state index contributed by atoms with van der Waals surface area (Å²) in [5, 5.41) is 30.2. The number of ether oxygens (including phenoxy) is 1. The van der Waals surface area contributed by atoms with E-state index in [-0.39, 0.29) is 30.0 Å². The van der Waals surface area contributed by atoms with Gasteiger partial charge in [0.05, 0.1) is 11.7 Å². The third kappa shape index (κ3) is 4.66. The maximum Gasteiger partial charge on any atom is 0.330 e. The zero-order valence-electron chi connectivity index (χ0n) is 19.0. The number of fused-ring (bicyclic) bond motifs is 1. The van der Waals surface area contributed by atoms with E-state index < -0.39 is 54.8 Å². The first-order chi connectivity index (χ1) is 15.4. The predicted molar refractivity (Wildman–Crippen MR) is 120 cm³/mol. The molecule has 0 spiro atoms. The van der Waals surface area contributed by atoms with E-state index in [4.69, 9.17) is 15.0 Å². The standard InChI is InChI=1S/C19H32N5O8P/c1-5-18(4,29)33(30)32-19(6-2,7-3)8-9-11(25)12(26)15(31-9)24-13-10(21-17(24)28)14(27)23-16(20)22-13/h9,11-12,15,25-26,29,33H,5-8H2,1-4H3,(H,21,28)(H3,20,22,23,27)/t9-,11-,12-,15?,18?/m1/s1. The van der Waals surface area contributed by atoms with E-state index in [1.54, 1.807) is 6.92 Å². The van der Waals surface area contributed by atoms with E-state index in [0.29, 0.717) is 12.8 Å². The molecule has 2 aromatic heterocycles. The average Bonchev–Trinajstić information content (AvgIpc) is 3.23. The summed E-state index contributed by atoms with van der Waals surface area (Å²) in [6.07, 6.45) is -4.24. The Morgan fingerprint density at radius 1 is 1.18 bits per heavy atom. The van der Waals surface area contributed by atoms with Crippen LogP contribution in [0, 0.1) is 0 Å². The Kier molecular flexibility index (Phi) is 7.23. The van der Waals surface area contributed by atoms with Gasteiger partial charge < -0.3 is 30.3 Å². The SMILES string of the molecule is CCC(CC)(C[C@H]1OC(n2c(=O)[nH]c3c(=O)[nH]c(N)nc32)[C@H](O)[C@@H]1O)O[PH](=O)C(C)(O)CC. The third-order valence-corrected chi connectivity index (χ3v) is 8.34. The molecule has 0 aromatic carbocycles. The van der Waals surface area contributed by atoms with E-state index in [1.165, 1.54) is 6.92 Å². The molecule has 186 valence electrons. The van der Waals surface area contributed by atoms with Crippen LogP contribution in [0.25, 0.3) is 11.2 Å². The van der Waals surface area contributed by atoms with E-state index in [9.17, 15) is 29.5 Å². The van der Waals surface area contributed by atoms with Gasteiger partial charge in [0.15, 0.2) is 17.4 Å². The molecule has 3 heterocycles. The molecule has 1 saturated heterocycles. The van der Waals surface area contributed by atoms with Crippen molar-refractivity contribution in [2.24, 2.45) is 0 Å². The first kappa shape index (κ1) is 25.6. The minimum absolute atomic E-state index is 0.0399. The smallest absolute Gasteiger partial charge is 0.330 e. The molecule has 1 fully saturated rings. The molecule has 14 heteroatoms. The molecule has 0 saturated carbocycles. The third-order valence-electron chi connectivity index (χ3n) is 6.49. The lowest BCUT2D eigenvalue weighted by Crippen LogP contribution is -2.40. The molecule has 33 heavy (non-hydrogen) atoms. The van der Waals surface area contributed by atoms with E-state index >= 15 is 0 Å². The quantitative estimate of drug-likeness (QED) is 0.263. The molecule has 3 rings (SSSR count). The Morgan fingerprint density at radius 3 is 2.39 bits per heavy atom. The number of hydrogen-bond acceptors (Lipinski definition) is 10. The van der Waals surface area contributed by atoms with Crippen LogP contribution in [0.5, 0.6) is 0 Å². The molecule has 1 aliphatic rings. The van der Waals surface area contributed by atoms with E-state index in [1.807, 2.05) is 13.8 Å². The summed E-state index contributed by atoms with van der Waals surface area (Å²) in [7, 11) is -2.89. The maximum atomic E-state index is 12.7. The van der Waals surface area contributed by atoms with Crippen molar-refractivity contribution in [2.45, 2.75) is 88.9 Å². The highest BCUT2D eigenvalue weighted by Gasteiger charge is 2.49. The van der Waals surface area contributed by atoms with E-state index in [2.05, 4.69) is 15.0 Å². The number of H-pyrrole nitrogens is 2. The number of anilines is 1. The summed E-state index contributed by atoms with van der Waals surface area (Å²) in [5.41, 5.74) is 2.85. The second-order valence-corrected chi connectivity index (χ2v) is 10.5. The molecule has 7 N–H and O–H groups in total. The van der Waals surface area contributed by atoms with Gasteiger partial charge in [-0.3, -0.25) is 19.3 Å². The summed E-state index contributed by atoms with van der Waals surface area (Å²) < 4.78 is 25.4. The maximum absolute atomic E-state index is 12.7. The van der Waals surface area contributed by atoms with Gasteiger partial charge in [0.2, 0.25) is 14.0 Å². The van der Waals surface area contributed by atoms with Crippen LogP contribution < -0.4 is 17.0 Å². The summed E-state index contributed by atoms with van der Waals surface area (Å²) in [4.78, 5) is 33.2. The van der Waals surface area contributed by atoms with Gasteiger partial charge in [0, 0.05) is 6.42 Å². The van der Waals surface area contributed by atoms with Crippen LogP contribution in [0.15, 0.2) is 9.59 Å². The van der Waals surface area contributed by atoms with Crippen LogP contribution >= 0.6 is 8.03 Å². The second kappa shape index (κ2) is 9.32. The van der Waals surface area contributed by atoms with Crippen molar-refractivity contribution in [3.05, 3.63) is 20.8 Å². The monoisotopic (exact) mass is 489 g/mol. The fourth-order valence-corrected chi connectivity index (χ4v) is 5.19. The molecule has 1 aliphatic heterocycles. The van der Waals surface area contributed by atoms with Crippen molar-refractivity contribution >= 4 is 25.1 Å². The van der Waals surface area contributed by atoms with Crippen molar-refractivity contribution < 1.29 is 29.1 Å². The van der Waals surface area contributed by atoms with Gasteiger partial charge in [-0.2, -0.15) is 4.98 Å². The minimum atomic E-state index is -2.89. The molecule has 0 radical (unpaired) electrons. The zero-order valence-corrected chi connectivity index (χ0v) is 20.0. The number of rotatable bonds is 9. The van der Waals surface area contributed by atoms with Gasteiger partial charge in [-0.25, -0.2) is 9.36 Å². The highest BCUT2D eigenvalue weighted by molar-refractivity contribution is 7.40. The molecule has 3 unspecified atom stereocenters. The number of hydrogen-bond donors (Lipinski definition) is 6. The van der Waals surface area contributed by atoms with Crippen LogP contribution in [-0.2, 0) is 13.8 Å². The Balaban J connectivity index is 1.92. The number of imidazole rings is 1. The van der Waals surface area contributed by atoms with Crippen molar-refractivity contribution in [1.82, 2.24) is 19.5 Å². The molecular weight excluding hydrogens is 457 g/mol. The molecule has 13 nitrogen and oxygen atoms in total. The van der Waals surface area contributed by atoms with Gasteiger partial charge in [0.25, 0.3) is 5.56 Å². The fourth-order valence-electron chi connectivity index (χ4n) is 3.92. The number of nitrogens with zero attached hydrogens (tertiary/aromatic N) is 2. The normalized spacial score (nSPS) is 26.5. The highest BCUT2D eigenvalue weighted by atomic mass is 31.1. The van der Waals surface area contributed by atoms with E-state index in [0.717, 1.165) is 4.57 Å². The molecule has 0 bridgehead atoms. The second-order valence-electron chi connectivity index (χ2n) is 8.61. The van der Waals surface area contributed by atoms with Crippen LogP contribution in [0.3, 0.4) is 0 Å². The lowest BCUT2D eigenvalue weighted by Gasteiger charge is -2.36. The Morgan fingerprint density at radius 2 is 1.82 bits per heavy atom. The Bertz CT molecular complexity index is 1140. The van der Waals surface area contributed by atoms with Crippen LogP contribution in [0.2, 0.25) is 0 Å². The summed E-state index contributed by atoms with van der Waals surface area (Å²) in [5.74, 6) is -0.234. The van der Waals surface area contributed by atoms with Gasteiger partial charge >= 0.3 is 5.69 Å². The molecular formula is C19H32N5O8P. The number of aromatic nitrogens is 4. The van der Waals surface area contributed by atoms with Crippen molar-refractivity contribution in [3.63, 3.8) is 0 Å². The zero-order chi connectivity index (χ0) is 24.7. The molecule has 0 aliphatic carbocycles. The predicted octanol–water partition coefficient (Wildman–Crippen LogP) is 0.173. The number of aromatic amines is 2. The van der Waals surface area contributed by atoms with Crippen LogP contribution in [-0.4, -0.2) is 64.1 Å². The summed E-state index contributed by atoms with van der Waals surface area (Å²) in [6.45, 7) is 6.77. The fraction of sp³-hybridized carbons (Fsp3) is 0.737. The van der Waals surface area contributed by atoms with Gasteiger partial charge in [-0.1, -0.05) is 20.8 Å². The van der Waals surface area contributed by atoms with Gasteiger partial charge in [-0.15, -0.1) is 0 Å². The number of nitrogens with two attached hydrogens (primary N) is 1. The highest BCUT2D eigenvalue weighted by Crippen LogP contribution is 2.48.